The maximum atomic E-state index is 12.2. The maximum Gasteiger partial charge on any atom is 0.268 e. The van der Waals surface area contributed by atoms with Gasteiger partial charge in [-0.2, -0.15) is 0 Å². The van der Waals surface area contributed by atoms with Crippen LogP contribution in [0.15, 0.2) is 0 Å². The highest BCUT2D eigenvalue weighted by Crippen LogP contribution is 2.25. The highest BCUT2D eigenvalue weighted by atomic mass is 16.3. The fraction of sp³-hybridized carbons (Fsp3) is 0.600. The lowest BCUT2D eigenvalue weighted by Gasteiger charge is -2.14. The minimum Gasteiger partial charge on any atom is -0.393 e. The van der Waals surface area contributed by atoms with Crippen LogP contribution < -0.4 is 5.32 Å². The van der Waals surface area contributed by atoms with Crippen molar-refractivity contribution in [3.05, 3.63) is 22.5 Å². The summed E-state index contributed by atoms with van der Waals surface area (Å²) >= 11 is 0. The zero-order valence-electron chi connectivity index (χ0n) is 12.2. The van der Waals surface area contributed by atoms with Gasteiger partial charge in [0, 0.05) is 23.7 Å². The second-order valence-corrected chi connectivity index (χ2v) is 5.65. The van der Waals surface area contributed by atoms with E-state index in [2.05, 4.69) is 10.3 Å². The van der Waals surface area contributed by atoms with Gasteiger partial charge in [0.2, 0.25) is 0 Å². The molecule has 1 aliphatic carbocycles. The van der Waals surface area contributed by atoms with Crippen LogP contribution in [-0.4, -0.2) is 34.4 Å². The van der Waals surface area contributed by atoms with E-state index in [1.54, 1.807) is 13.8 Å². The monoisotopic (exact) mass is 278 g/mol. The molecule has 1 saturated carbocycles. The van der Waals surface area contributed by atoms with E-state index in [1.165, 1.54) is 6.92 Å². The molecule has 0 saturated heterocycles. The molecular weight excluding hydrogens is 256 g/mol. The largest absolute Gasteiger partial charge is 0.393 e. The molecule has 1 amide bonds. The van der Waals surface area contributed by atoms with E-state index < -0.39 is 0 Å². The number of aromatic nitrogens is 1. The van der Waals surface area contributed by atoms with E-state index in [-0.39, 0.29) is 23.7 Å². The Kier molecular flexibility index (Phi) is 4.28. The average molecular weight is 278 g/mol. The van der Waals surface area contributed by atoms with Gasteiger partial charge in [-0.25, -0.2) is 0 Å². The van der Waals surface area contributed by atoms with Crippen molar-refractivity contribution in [3.8, 4) is 0 Å². The minimum atomic E-state index is -0.311. The van der Waals surface area contributed by atoms with Gasteiger partial charge in [0.05, 0.1) is 6.10 Å². The predicted molar refractivity (Wildman–Crippen MR) is 76.0 cm³/mol. The molecule has 1 aromatic heterocycles. The third-order valence-electron chi connectivity index (χ3n) is 4.16. The van der Waals surface area contributed by atoms with Crippen LogP contribution in [0, 0.1) is 19.8 Å². The summed E-state index contributed by atoms with van der Waals surface area (Å²) in [6, 6.07) is 0. The van der Waals surface area contributed by atoms with Crippen LogP contribution in [0.1, 0.15) is 58.3 Å². The number of hydrogen-bond acceptors (Lipinski definition) is 3. The summed E-state index contributed by atoms with van der Waals surface area (Å²) < 4.78 is 0. The molecule has 1 aromatic rings. The number of carbonyl (C=O) groups is 2. The zero-order chi connectivity index (χ0) is 14.9. The number of Topliss-reactive ketones (excluding diaryl/α,β-unsaturated/α-hetero) is 1. The second-order valence-electron chi connectivity index (χ2n) is 5.65. The Balaban J connectivity index is 2.06. The average Bonchev–Trinajstić information content (AvgIpc) is 2.90. The first kappa shape index (κ1) is 14.8. The number of carbonyl (C=O) groups excluding carboxylic acids is 2. The number of hydrogen-bond donors (Lipinski definition) is 3. The molecule has 1 fully saturated rings. The highest BCUT2D eigenvalue weighted by Gasteiger charge is 2.26. The smallest absolute Gasteiger partial charge is 0.268 e. The summed E-state index contributed by atoms with van der Waals surface area (Å²) in [7, 11) is 0. The van der Waals surface area contributed by atoms with E-state index in [9.17, 15) is 14.7 Å². The Morgan fingerprint density at radius 1 is 1.35 bits per heavy atom. The Labute approximate surface area is 118 Å². The fourth-order valence-corrected chi connectivity index (χ4v) is 3.07. The van der Waals surface area contributed by atoms with Gasteiger partial charge in [0.1, 0.15) is 5.69 Å². The van der Waals surface area contributed by atoms with Crippen LogP contribution in [0.25, 0.3) is 0 Å². The zero-order valence-corrected chi connectivity index (χ0v) is 12.2. The van der Waals surface area contributed by atoms with E-state index in [1.807, 2.05) is 0 Å². The summed E-state index contributed by atoms with van der Waals surface area (Å²) in [6.45, 7) is 5.55. The SMILES string of the molecule is CC(=O)c1c(C)[nH]c(C(=O)NCC2CCCC2O)c1C. The summed E-state index contributed by atoms with van der Waals surface area (Å²) in [5, 5.41) is 12.6. The van der Waals surface area contributed by atoms with Gasteiger partial charge in [-0.05, 0) is 39.2 Å². The standard InChI is InChI=1S/C15H22N2O3/c1-8-13(10(3)18)9(2)17-14(8)15(20)16-7-11-5-4-6-12(11)19/h11-12,17,19H,4-7H2,1-3H3,(H,16,20). The number of aryl methyl sites for hydroxylation is 1. The third-order valence-corrected chi connectivity index (χ3v) is 4.16. The molecule has 3 N–H and O–H groups in total. The van der Waals surface area contributed by atoms with Crippen molar-refractivity contribution in [1.82, 2.24) is 10.3 Å². The molecule has 0 aliphatic heterocycles. The number of aromatic amines is 1. The van der Waals surface area contributed by atoms with Crippen molar-refractivity contribution < 1.29 is 14.7 Å². The van der Waals surface area contributed by atoms with Crippen molar-refractivity contribution in [2.24, 2.45) is 5.92 Å². The van der Waals surface area contributed by atoms with Crippen molar-refractivity contribution in [1.29, 1.82) is 0 Å². The molecule has 5 heteroatoms. The number of ketones is 1. The predicted octanol–water partition coefficient (Wildman–Crippen LogP) is 1.72. The number of H-pyrrole nitrogens is 1. The van der Waals surface area contributed by atoms with Gasteiger partial charge < -0.3 is 15.4 Å². The first-order chi connectivity index (χ1) is 9.41. The number of rotatable bonds is 4. The second kappa shape index (κ2) is 5.79. The molecule has 0 spiro atoms. The molecule has 0 aromatic carbocycles. The molecule has 2 atom stereocenters. The van der Waals surface area contributed by atoms with E-state index in [0.29, 0.717) is 23.4 Å². The van der Waals surface area contributed by atoms with Crippen LogP contribution in [0.5, 0.6) is 0 Å². The first-order valence-corrected chi connectivity index (χ1v) is 7.08. The lowest BCUT2D eigenvalue weighted by atomic mass is 10.1. The fourth-order valence-electron chi connectivity index (χ4n) is 3.07. The lowest BCUT2D eigenvalue weighted by molar-refractivity contribution is 0.0911. The summed E-state index contributed by atoms with van der Waals surface area (Å²) in [5.74, 6) is -0.110. The maximum absolute atomic E-state index is 12.2. The van der Waals surface area contributed by atoms with Gasteiger partial charge in [0.25, 0.3) is 5.91 Å². The summed E-state index contributed by atoms with van der Waals surface area (Å²) in [5.41, 5.74) is 2.46. The van der Waals surface area contributed by atoms with E-state index >= 15 is 0 Å². The molecule has 20 heavy (non-hydrogen) atoms. The van der Waals surface area contributed by atoms with Gasteiger partial charge in [-0.1, -0.05) is 6.42 Å². The molecule has 2 unspecified atom stereocenters. The molecule has 110 valence electrons. The summed E-state index contributed by atoms with van der Waals surface area (Å²) in [6.07, 6.45) is 2.46. The van der Waals surface area contributed by atoms with Crippen LogP contribution in [-0.2, 0) is 0 Å². The third kappa shape index (κ3) is 2.77. The van der Waals surface area contributed by atoms with Crippen LogP contribution in [0.3, 0.4) is 0 Å². The topological polar surface area (TPSA) is 82.2 Å². The van der Waals surface area contributed by atoms with Crippen LogP contribution in [0.2, 0.25) is 0 Å². The Bertz CT molecular complexity index is 533. The molecule has 2 rings (SSSR count). The number of aliphatic hydroxyl groups excluding tert-OH is 1. The molecule has 1 aliphatic rings. The summed E-state index contributed by atoms with van der Waals surface area (Å²) in [4.78, 5) is 26.7. The van der Waals surface area contributed by atoms with Crippen LogP contribution in [0.4, 0.5) is 0 Å². The first-order valence-electron chi connectivity index (χ1n) is 7.08. The van der Waals surface area contributed by atoms with Gasteiger partial charge in [-0.3, -0.25) is 9.59 Å². The number of aliphatic hydroxyl groups is 1. The van der Waals surface area contributed by atoms with Gasteiger partial charge in [-0.15, -0.1) is 0 Å². The lowest BCUT2D eigenvalue weighted by Crippen LogP contribution is -2.33. The number of amides is 1. The normalized spacial score (nSPS) is 22.0. The van der Waals surface area contributed by atoms with Crippen molar-refractivity contribution in [2.75, 3.05) is 6.54 Å². The van der Waals surface area contributed by atoms with Gasteiger partial charge >= 0.3 is 0 Å². The van der Waals surface area contributed by atoms with Crippen molar-refractivity contribution >= 4 is 11.7 Å². The Morgan fingerprint density at radius 2 is 2.05 bits per heavy atom. The van der Waals surface area contributed by atoms with Crippen LogP contribution >= 0.6 is 0 Å². The number of nitrogens with one attached hydrogen (secondary N) is 2. The molecule has 0 bridgehead atoms. The molecule has 5 nitrogen and oxygen atoms in total. The molecular formula is C15H22N2O3. The van der Waals surface area contributed by atoms with Crippen molar-refractivity contribution in [3.63, 3.8) is 0 Å². The molecule has 0 radical (unpaired) electrons. The van der Waals surface area contributed by atoms with Gasteiger partial charge in [0.15, 0.2) is 5.78 Å². The van der Waals surface area contributed by atoms with E-state index in [0.717, 1.165) is 25.0 Å². The highest BCUT2D eigenvalue weighted by molar-refractivity contribution is 6.02. The minimum absolute atomic E-state index is 0.0403. The molecule has 1 heterocycles. The van der Waals surface area contributed by atoms with Crippen molar-refractivity contribution in [2.45, 2.75) is 46.1 Å². The Morgan fingerprint density at radius 3 is 2.55 bits per heavy atom. The van der Waals surface area contributed by atoms with E-state index in [4.69, 9.17) is 0 Å². The quantitative estimate of drug-likeness (QED) is 0.733. The Hall–Kier alpha value is -1.62.